The first-order chi connectivity index (χ1) is 6.36. The third-order valence-corrected chi connectivity index (χ3v) is 3.48. The molecule has 1 nitrogen and oxygen atoms in total. The van der Waals surface area contributed by atoms with Gasteiger partial charge in [0.25, 0.3) is 0 Å². The largest absolute Gasteiger partial charge is 0.303 e. The molecule has 0 unspecified atom stereocenters. The molecule has 0 aromatic heterocycles. The summed E-state index contributed by atoms with van der Waals surface area (Å²) in [5.74, 6) is 2.06. The molecule has 13 heavy (non-hydrogen) atoms. The van der Waals surface area contributed by atoms with Gasteiger partial charge in [-0.3, -0.25) is 0 Å². The van der Waals surface area contributed by atoms with Gasteiger partial charge in [-0.2, -0.15) is 12.6 Å². The Labute approximate surface area is 88.3 Å². The lowest BCUT2D eigenvalue weighted by Crippen LogP contribution is -2.34. The Kier molecular flexibility index (Phi) is 5.88. The summed E-state index contributed by atoms with van der Waals surface area (Å²) in [7, 11) is 0. The van der Waals surface area contributed by atoms with Crippen LogP contribution in [0.4, 0.5) is 0 Å². The van der Waals surface area contributed by atoms with E-state index in [-0.39, 0.29) is 0 Å². The van der Waals surface area contributed by atoms with Crippen LogP contribution in [-0.2, 0) is 0 Å². The van der Waals surface area contributed by atoms with Crippen LogP contribution >= 0.6 is 12.6 Å². The quantitative estimate of drug-likeness (QED) is 0.529. The molecule has 0 amide bonds. The molecule has 0 aliphatic carbocycles. The lowest BCUT2D eigenvalue weighted by molar-refractivity contribution is 0.180. The van der Waals surface area contributed by atoms with Crippen LogP contribution in [0.25, 0.3) is 0 Å². The van der Waals surface area contributed by atoms with E-state index in [2.05, 4.69) is 24.5 Å². The number of piperidine rings is 1. The average molecular weight is 201 g/mol. The fraction of sp³-hybridized carbons (Fsp3) is 1.00. The van der Waals surface area contributed by atoms with E-state index in [1.807, 2.05) is 0 Å². The SMILES string of the molecule is CCC1CCN(CCCCS)CC1. The zero-order chi connectivity index (χ0) is 9.52. The van der Waals surface area contributed by atoms with Crippen LogP contribution in [-0.4, -0.2) is 30.3 Å². The molecule has 1 fully saturated rings. The lowest BCUT2D eigenvalue weighted by Gasteiger charge is -2.31. The van der Waals surface area contributed by atoms with Crippen molar-refractivity contribution in [1.29, 1.82) is 0 Å². The van der Waals surface area contributed by atoms with Gasteiger partial charge in [-0.05, 0) is 57.0 Å². The van der Waals surface area contributed by atoms with Gasteiger partial charge in [0, 0.05) is 0 Å². The van der Waals surface area contributed by atoms with Gasteiger partial charge in [0.1, 0.15) is 0 Å². The highest BCUT2D eigenvalue weighted by atomic mass is 32.1. The summed E-state index contributed by atoms with van der Waals surface area (Å²) in [4.78, 5) is 2.62. The third-order valence-electron chi connectivity index (χ3n) is 3.17. The van der Waals surface area contributed by atoms with Gasteiger partial charge >= 0.3 is 0 Å². The third kappa shape index (κ3) is 4.37. The number of nitrogens with zero attached hydrogens (tertiary/aromatic N) is 1. The Morgan fingerprint density at radius 2 is 1.92 bits per heavy atom. The topological polar surface area (TPSA) is 3.24 Å². The van der Waals surface area contributed by atoms with Crippen molar-refractivity contribution < 1.29 is 0 Å². The predicted molar refractivity (Wildman–Crippen MR) is 62.5 cm³/mol. The van der Waals surface area contributed by atoms with Crippen LogP contribution in [0.1, 0.15) is 39.0 Å². The number of thiol groups is 1. The van der Waals surface area contributed by atoms with E-state index in [1.54, 1.807) is 0 Å². The molecule has 0 atom stereocenters. The van der Waals surface area contributed by atoms with Crippen molar-refractivity contribution in [2.45, 2.75) is 39.0 Å². The van der Waals surface area contributed by atoms with Crippen molar-refractivity contribution in [3.63, 3.8) is 0 Å². The van der Waals surface area contributed by atoms with Crippen molar-refractivity contribution in [3.05, 3.63) is 0 Å². The Hall–Kier alpha value is 0.310. The highest BCUT2D eigenvalue weighted by Crippen LogP contribution is 2.19. The highest BCUT2D eigenvalue weighted by molar-refractivity contribution is 7.80. The molecule has 1 rings (SSSR count). The van der Waals surface area contributed by atoms with Crippen LogP contribution in [0.2, 0.25) is 0 Å². The summed E-state index contributed by atoms with van der Waals surface area (Å²) in [6.45, 7) is 6.30. The van der Waals surface area contributed by atoms with Gasteiger partial charge in [0.2, 0.25) is 0 Å². The van der Waals surface area contributed by atoms with Crippen molar-refractivity contribution in [3.8, 4) is 0 Å². The van der Waals surface area contributed by atoms with Crippen LogP contribution in [0, 0.1) is 5.92 Å². The summed E-state index contributed by atoms with van der Waals surface area (Å²) in [5, 5.41) is 0. The van der Waals surface area contributed by atoms with Gasteiger partial charge in [-0.1, -0.05) is 13.3 Å². The molecular formula is C11H23NS. The number of hydrogen-bond donors (Lipinski definition) is 1. The molecule has 0 radical (unpaired) electrons. The summed E-state index contributed by atoms with van der Waals surface area (Å²) >= 11 is 4.23. The minimum atomic E-state index is 1.01. The van der Waals surface area contributed by atoms with Crippen molar-refractivity contribution in [2.75, 3.05) is 25.4 Å². The van der Waals surface area contributed by atoms with E-state index in [1.165, 1.54) is 51.7 Å². The molecule has 0 saturated carbocycles. The maximum Gasteiger partial charge on any atom is -0.00161 e. The summed E-state index contributed by atoms with van der Waals surface area (Å²) in [6.07, 6.45) is 6.84. The number of likely N-dealkylation sites (tertiary alicyclic amines) is 1. The van der Waals surface area contributed by atoms with Crippen molar-refractivity contribution in [1.82, 2.24) is 4.90 Å². The maximum absolute atomic E-state index is 4.23. The number of hydrogen-bond acceptors (Lipinski definition) is 2. The Bertz CT molecular complexity index is 117. The van der Waals surface area contributed by atoms with E-state index in [0.29, 0.717) is 0 Å². The van der Waals surface area contributed by atoms with Crippen LogP contribution in [0.3, 0.4) is 0 Å². The zero-order valence-corrected chi connectivity index (χ0v) is 9.73. The molecule has 2 heteroatoms. The van der Waals surface area contributed by atoms with E-state index >= 15 is 0 Å². The number of rotatable bonds is 5. The van der Waals surface area contributed by atoms with Gasteiger partial charge in [-0.15, -0.1) is 0 Å². The molecule has 0 N–H and O–H groups in total. The molecule has 0 spiro atoms. The van der Waals surface area contributed by atoms with Crippen molar-refractivity contribution >= 4 is 12.6 Å². The molecule has 1 aliphatic heterocycles. The Morgan fingerprint density at radius 1 is 1.23 bits per heavy atom. The summed E-state index contributed by atoms with van der Waals surface area (Å²) < 4.78 is 0. The highest BCUT2D eigenvalue weighted by Gasteiger charge is 2.16. The monoisotopic (exact) mass is 201 g/mol. The first-order valence-corrected chi connectivity index (χ1v) is 6.33. The molecule has 0 aromatic rings. The second-order valence-corrected chi connectivity index (χ2v) is 4.57. The van der Waals surface area contributed by atoms with Gasteiger partial charge in [0.05, 0.1) is 0 Å². The maximum atomic E-state index is 4.23. The Morgan fingerprint density at radius 3 is 2.46 bits per heavy atom. The second-order valence-electron chi connectivity index (χ2n) is 4.12. The van der Waals surface area contributed by atoms with E-state index in [4.69, 9.17) is 0 Å². The van der Waals surface area contributed by atoms with Crippen LogP contribution < -0.4 is 0 Å². The smallest absolute Gasteiger partial charge is 0.00161 e. The van der Waals surface area contributed by atoms with Gasteiger partial charge < -0.3 is 4.90 Å². The molecule has 1 saturated heterocycles. The lowest BCUT2D eigenvalue weighted by atomic mass is 9.94. The standard InChI is InChI=1S/C11H23NS/c1-2-11-5-8-12(9-6-11)7-3-4-10-13/h11,13H,2-10H2,1H3. The van der Waals surface area contributed by atoms with Crippen LogP contribution in [0.15, 0.2) is 0 Å². The average Bonchev–Trinajstić information content (AvgIpc) is 2.19. The molecule has 1 heterocycles. The first-order valence-electron chi connectivity index (χ1n) is 5.70. The van der Waals surface area contributed by atoms with E-state index in [0.717, 1.165) is 11.7 Å². The molecular weight excluding hydrogens is 178 g/mol. The Balaban J connectivity index is 2.03. The van der Waals surface area contributed by atoms with Crippen LogP contribution in [0.5, 0.6) is 0 Å². The van der Waals surface area contributed by atoms with E-state index < -0.39 is 0 Å². The minimum absolute atomic E-state index is 1.01. The fourth-order valence-electron chi connectivity index (χ4n) is 2.07. The summed E-state index contributed by atoms with van der Waals surface area (Å²) in [6, 6.07) is 0. The fourth-order valence-corrected chi connectivity index (χ4v) is 2.29. The second kappa shape index (κ2) is 6.72. The van der Waals surface area contributed by atoms with E-state index in [9.17, 15) is 0 Å². The molecule has 0 aromatic carbocycles. The molecule has 0 bridgehead atoms. The first kappa shape index (κ1) is 11.4. The molecule has 78 valence electrons. The number of unbranched alkanes of at least 4 members (excludes halogenated alkanes) is 1. The minimum Gasteiger partial charge on any atom is -0.303 e. The van der Waals surface area contributed by atoms with Gasteiger partial charge in [-0.25, -0.2) is 0 Å². The normalized spacial score (nSPS) is 20.8. The van der Waals surface area contributed by atoms with Gasteiger partial charge in [0.15, 0.2) is 0 Å². The summed E-state index contributed by atoms with van der Waals surface area (Å²) in [5.41, 5.74) is 0. The van der Waals surface area contributed by atoms with Crippen molar-refractivity contribution in [2.24, 2.45) is 5.92 Å². The predicted octanol–water partition coefficient (Wildman–Crippen LogP) is 2.82. The molecule has 1 aliphatic rings. The zero-order valence-electron chi connectivity index (χ0n) is 8.84.